The van der Waals surface area contributed by atoms with Gasteiger partial charge in [-0.05, 0) is 65.9 Å². The van der Waals surface area contributed by atoms with Gasteiger partial charge in [0.05, 0.1) is 18.7 Å². The van der Waals surface area contributed by atoms with E-state index in [4.69, 9.17) is 15.2 Å². The first-order valence-corrected chi connectivity index (χ1v) is 11.1. The Hall–Kier alpha value is -4.33. The smallest absolute Gasteiger partial charge is 0.338 e. The van der Waals surface area contributed by atoms with Crippen molar-refractivity contribution < 1.29 is 23.5 Å². The zero-order valence-electron chi connectivity index (χ0n) is 19.2. The summed E-state index contributed by atoms with van der Waals surface area (Å²) in [6.45, 7) is 0.000352. The minimum Gasteiger partial charge on any atom is -0.497 e. The summed E-state index contributed by atoms with van der Waals surface area (Å²) in [4.78, 5) is 25.8. The van der Waals surface area contributed by atoms with Crippen LogP contribution < -0.4 is 21.1 Å². The van der Waals surface area contributed by atoms with Crippen LogP contribution in [-0.4, -0.2) is 19.1 Å². The van der Waals surface area contributed by atoms with Crippen LogP contribution in [-0.2, 0) is 22.6 Å². The number of hydrogen-bond acceptors (Lipinski definition) is 5. The van der Waals surface area contributed by atoms with E-state index in [1.165, 1.54) is 18.2 Å². The van der Waals surface area contributed by atoms with E-state index in [0.29, 0.717) is 35.5 Å². The maximum atomic E-state index is 14.0. The molecule has 0 radical (unpaired) electrons. The SMILES string of the molecule is COc1cccc(CCC2=C(C(=O)OCc3cccc(N)c3)C(c3cccc(F)c3)NC(=O)N2)c1. The van der Waals surface area contributed by atoms with Crippen LogP contribution >= 0.6 is 0 Å². The van der Waals surface area contributed by atoms with Gasteiger partial charge in [-0.3, -0.25) is 0 Å². The third kappa shape index (κ3) is 5.97. The number of nitrogens with two attached hydrogens (primary N) is 1. The van der Waals surface area contributed by atoms with E-state index in [2.05, 4.69) is 10.6 Å². The summed E-state index contributed by atoms with van der Waals surface area (Å²) in [5.41, 5.74) is 9.16. The highest BCUT2D eigenvalue weighted by atomic mass is 19.1. The Morgan fingerprint density at radius 3 is 2.54 bits per heavy atom. The van der Waals surface area contributed by atoms with Gasteiger partial charge < -0.3 is 25.8 Å². The minimum absolute atomic E-state index is 0.000352. The number of anilines is 1. The molecule has 0 spiro atoms. The number of esters is 1. The Morgan fingerprint density at radius 1 is 1.00 bits per heavy atom. The molecule has 180 valence electrons. The van der Waals surface area contributed by atoms with Gasteiger partial charge >= 0.3 is 12.0 Å². The van der Waals surface area contributed by atoms with Crippen molar-refractivity contribution in [3.8, 4) is 5.75 Å². The second-order valence-electron chi connectivity index (χ2n) is 8.15. The quantitative estimate of drug-likeness (QED) is 0.331. The number of amides is 2. The summed E-state index contributed by atoms with van der Waals surface area (Å²) >= 11 is 0. The van der Waals surface area contributed by atoms with Gasteiger partial charge in [0.1, 0.15) is 18.2 Å². The first-order chi connectivity index (χ1) is 16.9. The van der Waals surface area contributed by atoms with Gasteiger partial charge in [-0.1, -0.05) is 36.4 Å². The van der Waals surface area contributed by atoms with E-state index in [1.807, 2.05) is 24.3 Å². The lowest BCUT2D eigenvalue weighted by Gasteiger charge is -2.29. The van der Waals surface area contributed by atoms with Crippen LogP contribution in [0.4, 0.5) is 14.9 Å². The highest BCUT2D eigenvalue weighted by Crippen LogP contribution is 2.30. The van der Waals surface area contributed by atoms with E-state index in [1.54, 1.807) is 37.4 Å². The lowest BCUT2D eigenvalue weighted by molar-refractivity contribution is -0.140. The average molecular weight is 476 g/mol. The van der Waals surface area contributed by atoms with Crippen LogP contribution in [0.2, 0.25) is 0 Å². The first-order valence-electron chi connectivity index (χ1n) is 11.1. The molecule has 1 unspecified atom stereocenters. The van der Waals surface area contributed by atoms with E-state index >= 15 is 0 Å². The van der Waals surface area contributed by atoms with E-state index in [9.17, 15) is 14.0 Å². The number of benzene rings is 3. The number of carbonyl (C=O) groups is 2. The molecule has 1 heterocycles. The number of carbonyl (C=O) groups excluding carboxylic acids is 2. The average Bonchev–Trinajstić information content (AvgIpc) is 2.86. The maximum Gasteiger partial charge on any atom is 0.338 e. The molecule has 0 saturated carbocycles. The predicted molar refractivity (Wildman–Crippen MR) is 130 cm³/mol. The molecule has 1 aliphatic heterocycles. The minimum atomic E-state index is -0.867. The van der Waals surface area contributed by atoms with Crippen molar-refractivity contribution in [1.29, 1.82) is 0 Å². The molecule has 0 aromatic heterocycles. The van der Waals surface area contributed by atoms with Gasteiger partial charge in [0, 0.05) is 11.4 Å². The Morgan fingerprint density at radius 2 is 1.77 bits per heavy atom. The number of nitrogen functional groups attached to an aromatic ring is 1. The molecule has 2 amide bonds. The fourth-order valence-corrected chi connectivity index (χ4v) is 4.00. The summed E-state index contributed by atoms with van der Waals surface area (Å²) in [7, 11) is 1.59. The summed E-state index contributed by atoms with van der Waals surface area (Å²) in [6.07, 6.45) is 0.893. The lowest BCUT2D eigenvalue weighted by atomic mass is 9.93. The maximum absolute atomic E-state index is 14.0. The Labute approximate surface area is 202 Å². The van der Waals surface area contributed by atoms with Crippen LogP contribution in [0, 0.1) is 5.82 Å². The molecule has 0 bridgehead atoms. The topological polar surface area (TPSA) is 103 Å². The zero-order valence-corrected chi connectivity index (χ0v) is 19.2. The number of allylic oxidation sites excluding steroid dienone is 1. The number of hydrogen-bond donors (Lipinski definition) is 3. The zero-order chi connectivity index (χ0) is 24.8. The van der Waals surface area contributed by atoms with Crippen LogP contribution in [0.25, 0.3) is 0 Å². The molecule has 4 N–H and O–H groups in total. The standard InChI is InChI=1S/C27H26FN3O4/c1-34-22-10-3-5-17(14-22)11-12-23-24(26(32)35-16-18-6-2-9-21(29)13-18)25(31-27(33)30-23)19-7-4-8-20(28)15-19/h2-10,13-15,25H,11-12,16,29H2,1H3,(H2,30,31,33). The largest absolute Gasteiger partial charge is 0.497 e. The molecule has 0 saturated heterocycles. The predicted octanol–water partition coefficient (Wildman–Crippen LogP) is 4.40. The third-order valence-electron chi connectivity index (χ3n) is 5.67. The van der Waals surface area contributed by atoms with Crippen molar-refractivity contribution in [3.63, 3.8) is 0 Å². The Kier molecular flexibility index (Phi) is 7.30. The molecular weight excluding hydrogens is 449 g/mol. The van der Waals surface area contributed by atoms with E-state index < -0.39 is 23.9 Å². The molecule has 7 nitrogen and oxygen atoms in total. The fourth-order valence-electron chi connectivity index (χ4n) is 4.00. The van der Waals surface area contributed by atoms with Gasteiger partial charge in [-0.25, -0.2) is 14.0 Å². The Balaban J connectivity index is 1.65. The number of aryl methyl sites for hydroxylation is 1. The molecule has 3 aromatic carbocycles. The summed E-state index contributed by atoms with van der Waals surface area (Å²) in [5.74, 6) is -0.374. The van der Waals surface area contributed by atoms with Crippen molar-refractivity contribution >= 4 is 17.7 Å². The van der Waals surface area contributed by atoms with Crippen molar-refractivity contribution in [2.75, 3.05) is 12.8 Å². The summed E-state index contributed by atoms with van der Waals surface area (Å²) in [6, 6.07) is 19.0. The van der Waals surface area contributed by atoms with Crippen LogP contribution in [0.5, 0.6) is 5.75 Å². The number of ether oxygens (including phenoxy) is 2. The van der Waals surface area contributed by atoms with Gasteiger partial charge in [-0.15, -0.1) is 0 Å². The lowest BCUT2D eigenvalue weighted by Crippen LogP contribution is -2.46. The highest BCUT2D eigenvalue weighted by Gasteiger charge is 2.33. The number of nitrogens with one attached hydrogen (secondary N) is 2. The normalized spacial score (nSPS) is 15.3. The van der Waals surface area contributed by atoms with Crippen LogP contribution in [0.3, 0.4) is 0 Å². The molecule has 0 aliphatic carbocycles. The molecule has 1 atom stereocenters. The van der Waals surface area contributed by atoms with Crippen LogP contribution in [0.1, 0.15) is 29.2 Å². The van der Waals surface area contributed by atoms with Gasteiger partial charge in [0.15, 0.2) is 0 Å². The van der Waals surface area contributed by atoms with Crippen molar-refractivity contribution in [3.05, 3.63) is 107 Å². The molecule has 35 heavy (non-hydrogen) atoms. The van der Waals surface area contributed by atoms with E-state index in [-0.39, 0.29) is 12.2 Å². The fraction of sp³-hybridized carbons (Fsp3) is 0.185. The van der Waals surface area contributed by atoms with Crippen molar-refractivity contribution in [2.24, 2.45) is 0 Å². The number of halogens is 1. The van der Waals surface area contributed by atoms with Gasteiger partial charge in [0.25, 0.3) is 0 Å². The second-order valence-corrected chi connectivity index (χ2v) is 8.15. The number of rotatable bonds is 8. The van der Waals surface area contributed by atoms with Crippen LogP contribution in [0.15, 0.2) is 84.1 Å². The summed E-state index contributed by atoms with van der Waals surface area (Å²) < 4.78 is 24.9. The monoisotopic (exact) mass is 475 g/mol. The molecule has 3 aromatic rings. The van der Waals surface area contributed by atoms with E-state index in [0.717, 1.165) is 11.1 Å². The van der Waals surface area contributed by atoms with Crippen molar-refractivity contribution in [2.45, 2.75) is 25.5 Å². The second kappa shape index (κ2) is 10.7. The number of methoxy groups -OCH3 is 1. The molecular formula is C27H26FN3O4. The summed E-state index contributed by atoms with van der Waals surface area (Å²) in [5, 5.41) is 5.48. The first kappa shape index (κ1) is 23.8. The highest BCUT2D eigenvalue weighted by molar-refractivity contribution is 5.95. The number of urea groups is 1. The molecule has 4 rings (SSSR count). The third-order valence-corrected chi connectivity index (χ3v) is 5.67. The van der Waals surface area contributed by atoms with Crippen molar-refractivity contribution in [1.82, 2.24) is 10.6 Å². The van der Waals surface area contributed by atoms with Gasteiger partial charge in [-0.2, -0.15) is 0 Å². The molecule has 8 heteroatoms. The Bertz CT molecular complexity index is 1270. The molecule has 0 fully saturated rings. The molecule has 1 aliphatic rings. The van der Waals surface area contributed by atoms with Gasteiger partial charge in [0.2, 0.25) is 0 Å².